The number of hydrogen-bond acceptors (Lipinski definition) is 4. The van der Waals surface area contributed by atoms with Crippen LogP contribution in [0.25, 0.3) is 0 Å². The van der Waals surface area contributed by atoms with Gasteiger partial charge in [-0.1, -0.05) is 11.6 Å². The maximum absolute atomic E-state index is 11.4. The first kappa shape index (κ1) is 10.1. The van der Waals surface area contributed by atoms with E-state index in [4.69, 9.17) is 11.6 Å². The van der Waals surface area contributed by atoms with Gasteiger partial charge in [0.05, 0.1) is 11.9 Å². The van der Waals surface area contributed by atoms with Crippen LogP contribution in [0.1, 0.15) is 0 Å². The Hall–Kier alpha value is -1.07. The van der Waals surface area contributed by atoms with Crippen LogP contribution in [0.2, 0.25) is 5.02 Å². The van der Waals surface area contributed by atoms with Gasteiger partial charge >= 0.3 is 0 Å². The fraction of sp³-hybridized carbons (Fsp3) is 0.600. The highest BCUT2D eigenvalue weighted by Crippen LogP contribution is 2.32. The number of nitrogens with one attached hydrogen (secondary N) is 2. The van der Waals surface area contributed by atoms with Crippen molar-refractivity contribution in [2.24, 2.45) is 11.8 Å². The van der Waals surface area contributed by atoms with Crippen LogP contribution in [0, 0.1) is 11.8 Å². The van der Waals surface area contributed by atoms with E-state index < -0.39 is 0 Å². The summed E-state index contributed by atoms with van der Waals surface area (Å²) in [7, 11) is 0. The van der Waals surface area contributed by atoms with E-state index in [1.807, 2.05) is 0 Å². The molecule has 3 rings (SSSR count). The van der Waals surface area contributed by atoms with E-state index in [1.165, 1.54) is 0 Å². The molecular weight excluding hydrogens is 228 g/mol. The van der Waals surface area contributed by atoms with Crippen LogP contribution < -0.4 is 15.8 Å². The Balaban J connectivity index is 1.89. The predicted molar refractivity (Wildman–Crippen MR) is 61.9 cm³/mol. The van der Waals surface area contributed by atoms with Gasteiger partial charge in [-0.05, 0) is 11.8 Å². The molecule has 0 unspecified atom stereocenters. The van der Waals surface area contributed by atoms with Crippen molar-refractivity contribution in [2.75, 3.05) is 31.1 Å². The highest BCUT2D eigenvalue weighted by atomic mass is 35.5. The van der Waals surface area contributed by atoms with Gasteiger partial charge in [0, 0.05) is 26.2 Å². The second-order valence-corrected chi connectivity index (χ2v) is 4.86. The lowest BCUT2D eigenvalue weighted by atomic mass is 10.0. The molecule has 0 radical (unpaired) electrons. The first-order chi connectivity index (χ1) is 7.75. The van der Waals surface area contributed by atoms with E-state index in [2.05, 4.69) is 20.4 Å². The number of H-pyrrole nitrogens is 1. The van der Waals surface area contributed by atoms with Crippen molar-refractivity contribution < 1.29 is 0 Å². The van der Waals surface area contributed by atoms with Crippen molar-refractivity contribution in [3.63, 3.8) is 0 Å². The number of hydrogen-bond donors (Lipinski definition) is 2. The number of aromatic nitrogens is 2. The minimum atomic E-state index is -0.311. The Morgan fingerprint density at radius 2 is 2.06 bits per heavy atom. The quantitative estimate of drug-likeness (QED) is 0.730. The van der Waals surface area contributed by atoms with Gasteiger partial charge in [-0.3, -0.25) is 4.79 Å². The van der Waals surface area contributed by atoms with Gasteiger partial charge < -0.3 is 10.2 Å². The fourth-order valence-electron chi connectivity index (χ4n) is 2.65. The Labute approximate surface area is 97.8 Å². The number of halogens is 1. The summed E-state index contributed by atoms with van der Waals surface area (Å²) < 4.78 is 0. The lowest BCUT2D eigenvalue weighted by Gasteiger charge is -2.19. The zero-order chi connectivity index (χ0) is 11.1. The largest absolute Gasteiger partial charge is 0.368 e. The van der Waals surface area contributed by atoms with Gasteiger partial charge in [0.1, 0.15) is 5.02 Å². The summed E-state index contributed by atoms with van der Waals surface area (Å²) in [6.45, 7) is 4.05. The molecule has 2 saturated heterocycles. The molecule has 0 amide bonds. The minimum absolute atomic E-state index is 0.253. The third kappa shape index (κ3) is 1.51. The lowest BCUT2D eigenvalue weighted by Crippen LogP contribution is -2.27. The molecule has 2 fully saturated rings. The standard InChI is InChI=1S/C10H13ClN4O/c11-9-8(3-13-14-10(9)16)15-4-6-1-12-2-7(6)5-15/h3,6-7,12H,1-2,4-5H2,(H,14,16)/t6-,7+. The van der Waals surface area contributed by atoms with E-state index in [1.54, 1.807) is 6.20 Å². The molecule has 6 heteroatoms. The van der Waals surface area contributed by atoms with Crippen molar-refractivity contribution in [3.8, 4) is 0 Å². The first-order valence-electron chi connectivity index (χ1n) is 5.44. The smallest absolute Gasteiger partial charge is 0.285 e. The highest BCUT2D eigenvalue weighted by Gasteiger charge is 2.36. The second kappa shape index (κ2) is 3.75. The summed E-state index contributed by atoms with van der Waals surface area (Å²) in [5.74, 6) is 1.35. The zero-order valence-corrected chi connectivity index (χ0v) is 9.50. The van der Waals surface area contributed by atoms with Crippen LogP contribution in [0.15, 0.2) is 11.0 Å². The summed E-state index contributed by atoms with van der Waals surface area (Å²) in [4.78, 5) is 13.5. The van der Waals surface area contributed by atoms with Crippen molar-refractivity contribution in [3.05, 3.63) is 21.6 Å². The molecule has 2 N–H and O–H groups in total. The molecule has 2 aliphatic rings. The van der Waals surface area contributed by atoms with Crippen LogP contribution in [0.3, 0.4) is 0 Å². The van der Waals surface area contributed by atoms with Gasteiger partial charge in [-0.2, -0.15) is 5.10 Å². The normalized spacial score (nSPS) is 28.4. The summed E-state index contributed by atoms with van der Waals surface area (Å²) in [5, 5.41) is 9.77. The number of rotatable bonds is 1. The van der Waals surface area contributed by atoms with Crippen molar-refractivity contribution in [1.29, 1.82) is 0 Å². The lowest BCUT2D eigenvalue weighted by molar-refractivity contribution is 0.533. The zero-order valence-electron chi connectivity index (χ0n) is 8.74. The molecule has 86 valence electrons. The Morgan fingerprint density at radius 1 is 1.38 bits per heavy atom. The summed E-state index contributed by atoms with van der Waals surface area (Å²) in [6, 6.07) is 0. The molecular formula is C10H13ClN4O. The van der Waals surface area contributed by atoms with Gasteiger partial charge in [0.15, 0.2) is 0 Å². The third-order valence-electron chi connectivity index (χ3n) is 3.51. The topological polar surface area (TPSA) is 61.0 Å². The second-order valence-electron chi connectivity index (χ2n) is 4.48. The summed E-state index contributed by atoms with van der Waals surface area (Å²) >= 11 is 5.99. The van der Waals surface area contributed by atoms with Gasteiger partial charge in [-0.15, -0.1) is 0 Å². The first-order valence-corrected chi connectivity index (χ1v) is 5.82. The molecule has 0 bridgehead atoms. The number of nitrogens with zero attached hydrogens (tertiary/aromatic N) is 2. The maximum atomic E-state index is 11.4. The molecule has 5 nitrogen and oxygen atoms in total. The molecule has 0 spiro atoms. The van der Waals surface area contributed by atoms with Gasteiger partial charge in [-0.25, -0.2) is 5.10 Å². The average molecular weight is 241 g/mol. The molecule has 2 atom stereocenters. The Kier molecular flexibility index (Phi) is 2.37. The number of anilines is 1. The Morgan fingerprint density at radius 3 is 2.75 bits per heavy atom. The van der Waals surface area contributed by atoms with Crippen LogP contribution in [-0.2, 0) is 0 Å². The molecule has 2 aliphatic heterocycles. The molecule has 16 heavy (non-hydrogen) atoms. The molecule has 0 aliphatic carbocycles. The maximum Gasteiger partial charge on any atom is 0.285 e. The van der Waals surface area contributed by atoms with E-state index in [0.29, 0.717) is 11.8 Å². The molecule has 1 aromatic rings. The highest BCUT2D eigenvalue weighted by molar-refractivity contribution is 6.33. The van der Waals surface area contributed by atoms with E-state index >= 15 is 0 Å². The van der Waals surface area contributed by atoms with Crippen molar-refractivity contribution >= 4 is 17.3 Å². The minimum Gasteiger partial charge on any atom is -0.368 e. The van der Waals surface area contributed by atoms with Gasteiger partial charge in [0.2, 0.25) is 0 Å². The average Bonchev–Trinajstić information content (AvgIpc) is 2.81. The molecule has 0 aromatic carbocycles. The van der Waals surface area contributed by atoms with Crippen LogP contribution in [0.5, 0.6) is 0 Å². The van der Waals surface area contributed by atoms with Crippen molar-refractivity contribution in [2.45, 2.75) is 0 Å². The monoisotopic (exact) mass is 240 g/mol. The Bertz CT molecular complexity index is 448. The molecule has 3 heterocycles. The van der Waals surface area contributed by atoms with E-state index in [0.717, 1.165) is 31.9 Å². The SMILES string of the molecule is O=c1[nH]ncc(N2C[C@H]3CNC[C@H]3C2)c1Cl. The van der Waals surface area contributed by atoms with E-state index in [9.17, 15) is 4.79 Å². The van der Waals surface area contributed by atoms with Gasteiger partial charge in [0.25, 0.3) is 5.56 Å². The number of fused-ring (bicyclic) bond motifs is 1. The third-order valence-corrected chi connectivity index (χ3v) is 3.87. The summed E-state index contributed by atoms with van der Waals surface area (Å²) in [5.41, 5.74) is 0.453. The fourth-order valence-corrected chi connectivity index (χ4v) is 2.86. The van der Waals surface area contributed by atoms with Crippen LogP contribution in [-0.4, -0.2) is 36.4 Å². The van der Waals surface area contributed by atoms with Crippen LogP contribution >= 0.6 is 11.6 Å². The van der Waals surface area contributed by atoms with Crippen molar-refractivity contribution in [1.82, 2.24) is 15.5 Å². The van der Waals surface area contributed by atoms with Crippen LogP contribution in [0.4, 0.5) is 5.69 Å². The predicted octanol–water partition coefficient (Wildman–Crippen LogP) is 0.0789. The summed E-state index contributed by atoms with van der Waals surface area (Å²) in [6.07, 6.45) is 1.64. The number of aromatic amines is 1. The molecule has 0 saturated carbocycles. The van der Waals surface area contributed by atoms with E-state index in [-0.39, 0.29) is 10.6 Å². The molecule has 1 aromatic heterocycles.